The van der Waals surface area contributed by atoms with E-state index in [4.69, 9.17) is 49.0 Å². The average molecular weight is 460 g/mol. The minimum Gasteiger partial charge on any atom is -0.493 e. The van der Waals surface area contributed by atoms with Gasteiger partial charge >= 0.3 is 0 Å². The second kappa shape index (κ2) is 11.3. The van der Waals surface area contributed by atoms with Gasteiger partial charge in [0.05, 0.1) is 20.3 Å². The summed E-state index contributed by atoms with van der Waals surface area (Å²) in [5.74, 6) is 1.20. The smallest absolute Gasteiger partial charge is 0.163 e. The Morgan fingerprint density at radius 3 is 2.48 bits per heavy atom. The third-order valence-corrected chi connectivity index (χ3v) is 5.69. The molecule has 0 unspecified atom stereocenters. The average Bonchev–Trinajstić information content (AvgIpc) is 2.72. The van der Waals surface area contributed by atoms with E-state index in [2.05, 4.69) is 10.2 Å². The number of nitrogens with one attached hydrogen (secondary N) is 1. The van der Waals surface area contributed by atoms with Gasteiger partial charge in [-0.1, -0.05) is 40.9 Å². The number of hydrogen-bond acceptors (Lipinski definition) is 5. The van der Waals surface area contributed by atoms with Crippen molar-refractivity contribution in [2.75, 3.05) is 46.5 Å². The number of rotatable bonds is 9. The van der Waals surface area contributed by atoms with Crippen LogP contribution in [0.15, 0.2) is 30.3 Å². The predicted molar refractivity (Wildman–Crippen MR) is 118 cm³/mol. The summed E-state index contributed by atoms with van der Waals surface area (Å²) >= 11 is 18.6. The number of benzene rings is 2. The van der Waals surface area contributed by atoms with Gasteiger partial charge in [0.1, 0.15) is 6.61 Å². The number of ether oxygens (including phenoxy) is 3. The fraction of sp³-hybridized carbons (Fsp3) is 0.429. The molecule has 0 amide bonds. The van der Waals surface area contributed by atoms with E-state index in [1.165, 1.54) is 0 Å². The third-order valence-electron chi connectivity index (χ3n) is 4.75. The molecule has 1 N–H and O–H groups in total. The zero-order valence-corrected chi connectivity index (χ0v) is 18.6. The molecule has 29 heavy (non-hydrogen) atoms. The first-order valence-corrected chi connectivity index (χ1v) is 10.6. The zero-order chi connectivity index (χ0) is 20.6. The van der Waals surface area contributed by atoms with Crippen LogP contribution in [-0.4, -0.2) is 51.4 Å². The minimum absolute atomic E-state index is 0.292. The Morgan fingerprint density at radius 2 is 1.76 bits per heavy atom. The molecule has 0 aromatic heterocycles. The molecule has 1 aliphatic rings. The SMILES string of the molecule is COc1cc(CNCCN2CCOCC2)c(Cl)cc1OCc1ccc(Cl)cc1Cl. The van der Waals surface area contributed by atoms with Crippen LogP contribution in [0.5, 0.6) is 11.5 Å². The molecule has 0 aliphatic carbocycles. The molecular weight excluding hydrogens is 435 g/mol. The van der Waals surface area contributed by atoms with Crippen molar-refractivity contribution in [1.82, 2.24) is 10.2 Å². The quantitative estimate of drug-likeness (QED) is 0.553. The molecule has 0 atom stereocenters. The maximum absolute atomic E-state index is 6.47. The molecule has 1 saturated heterocycles. The highest BCUT2D eigenvalue weighted by molar-refractivity contribution is 6.35. The van der Waals surface area contributed by atoms with Crippen LogP contribution in [0.2, 0.25) is 15.1 Å². The van der Waals surface area contributed by atoms with Gasteiger partial charge in [0.25, 0.3) is 0 Å². The summed E-state index contributed by atoms with van der Waals surface area (Å²) in [7, 11) is 1.61. The summed E-state index contributed by atoms with van der Waals surface area (Å²) < 4.78 is 16.8. The van der Waals surface area contributed by atoms with Crippen LogP contribution in [0.1, 0.15) is 11.1 Å². The van der Waals surface area contributed by atoms with Gasteiger partial charge in [-0.05, 0) is 23.8 Å². The summed E-state index contributed by atoms with van der Waals surface area (Å²) in [5.41, 5.74) is 1.80. The van der Waals surface area contributed by atoms with Crippen molar-refractivity contribution >= 4 is 34.8 Å². The summed E-state index contributed by atoms with van der Waals surface area (Å²) in [6.07, 6.45) is 0. The standard InChI is InChI=1S/C21H25Cl3N2O3/c1-27-20-10-16(13-25-4-5-26-6-8-28-9-7-26)19(24)12-21(20)29-14-15-2-3-17(22)11-18(15)23/h2-3,10-12,25H,4-9,13-14H2,1H3. The molecule has 0 spiro atoms. The molecule has 0 radical (unpaired) electrons. The van der Waals surface area contributed by atoms with E-state index in [0.717, 1.165) is 50.5 Å². The molecule has 0 bridgehead atoms. The summed E-state index contributed by atoms with van der Waals surface area (Å²) in [4.78, 5) is 2.39. The minimum atomic E-state index is 0.292. The van der Waals surface area contributed by atoms with Crippen molar-refractivity contribution in [3.63, 3.8) is 0 Å². The lowest BCUT2D eigenvalue weighted by Crippen LogP contribution is -2.40. The topological polar surface area (TPSA) is 43.0 Å². The first-order valence-electron chi connectivity index (χ1n) is 9.51. The van der Waals surface area contributed by atoms with Crippen LogP contribution in [-0.2, 0) is 17.9 Å². The molecular formula is C21H25Cl3N2O3. The van der Waals surface area contributed by atoms with Crippen LogP contribution in [0.3, 0.4) is 0 Å². The van der Waals surface area contributed by atoms with Crippen LogP contribution in [0.4, 0.5) is 0 Å². The molecule has 158 valence electrons. The highest BCUT2D eigenvalue weighted by Crippen LogP contribution is 2.34. The molecule has 1 heterocycles. The normalized spacial score (nSPS) is 14.8. The van der Waals surface area contributed by atoms with E-state index in [0.29, 0.717) is 39.7 Å². The van der Waals surface area contributed by atoms with E-state index < -0.39 is 0 Å². The number of hydrogen-bond donors (Lipinski definition) is 1. The van der Waals surface area contributed by atoms with Gasteiger partial charge < -0.3 is 19.5 Å². The Morgan fingerprint density at radius 1 is 1.00 bits per heavy atom. The van der Waals surface area contributed by atoms with E-state index in [1.807, 2.05) is 12.1 Å². The maximum Gasteiger partial charge on any atom is 0.163 e. The molecule has 2 aromatic carbocycles. The number of morpholine rings is 1. The van der Waals surface area contributed by atoms with E-state index in [-0.39, 0.29) is 0 Å². The Balaban J connectivity index is 1.56. The van der Waals surface area contributed by atoms with Crippen molar-refractivity contribution in [3.8, 4) is 11.5 Å². The highest BCUT2D eigenvalue weighted by Gasteiger charge is 2.13. The third kappa shape index (κ3) is 6.64. The van der Waals surface area contributed by atoms with Crippen LogP contribution < -0.4 is 14.8 Å². The molecule has 8 heteroatoms. The lowest BCUT2D eigenvalue weighted by Gasteiger charge is -2.26. The van der Waals surface area contributed by atoms with Crippen molar-refractivity contribution in [1.29, 1.82) is 0 Å². The van der Waals surface area contributed by atoms with Gasteiger partial charge in [-0.3, -0.25) is 4.90 Å². The second-order valence-electron chi connectivity index (χ2n) is 6.75. The van der Waals surface area contributed by atoms with Crippen molar-refractivity contribution in [3.05, 3.63) is 56.5 Å². The van der Waals surface area contributed by atoms with Crippen molar-refractivity contribution in [2.24, 2.45) is 0 Å². The van der Waals surface area contributed by atoms with E-state index >= 15 is 0 Å². The van der Waals surface area contributed by atoms with Crippen molar-refractivity contribution in [2.45, 2.75) is 13.2 Å². The zero-order valence-electron chi connectivity index (χ0n) is 16.3. The lowest BCUT2D eigenvalue weighted by atomic mass is 10.2. The predicted octanol–water partition coefficient (Wildman–Crippen LogP) is 4.66. The molecule has 5 nitrogen and oxygen atoms in total. The fourth-order valence-corrected chi connectivity index (χ4v) is 3.75. The van der Waals surface area contributed by atoms with Gasteiger partial charge in [0.15, 0.2) is 11.5 Å². The Bertz CT molecular complexity index is 814. The molecule has 3 rings (SSSR count). The molecule has 2 aromatic rings. The monoisotopic (exact) mass is 458 g/mol. The number of methoxy groups -OCH3 is 1. The number of halogens is 3. The molecule has 0 saturated carbocycles. The Hall–Kier alpha value is -1.21. The summed E-state index contributed by atoms with van der Waals surface area (Å²) in [6, 6.07) is 9.00. The Labute approximate surface area is 186 Å². The first kappa shape index (κ1) is 22.5. The van der Waals surface area contributed by atoms with Gasteiger partial charge in [-0.25, -0.2) is 0 Å². The van der Waals surface area contributed by atoms with Gasteiger partial charge in [-0.2, -0.15) is 0 Å². The summed E-state index contributed by atoms with van der Waals surface area (Å²) in [5, 5.41) is 5.21. The van der Waals surface area contributed by atoms with E-state index in [1.54, 1.807) is 25.3 Å². The molecule has 1 aliphatic heterocycles. The van der Waals surface area contributed by atoms with Gasteiger partial charge in [-0.15, -0.1) is 0 Å². The van der Waals surface area contributed by atoms with Crippen LogP contribution >= 0.6 is 34.8 Å². The largest absolute Gasteiger partial charge is 0.493 e. The highest BCUT2D eigenvalue weighted by atomic mass is 35.5. The first-order chi connectivity index (χ1) is 14.1. The van der Waals surface area contributed by atoms with Gasteiger partial charge in [0.2, 0.25) is 0 Å². The van der Waals surface area contributed by atoms with Crippen molar-refractivity contribution < 1.29 is 14.2 Å². The maximum atomic E-state index is 6.47. The van der Waals surface area contributed by atoms with Crippen LogP contribution in [0.25, 0.3) is 0 Å². The van der Waals surface area contributed by atoms with Gasteiger partial charge in [0, 0.05) is 59.4 Å². The molecule has 1 fully saturated rings. The number of nitrogens with zero attached hydrogens (tertiary/aromatic N) is 1. The Kier molecular flexibility index (Phi) is 8.72. The second-order valence-corrected chi connectivity index (χ2v) is 8.00. The van der Waals surface area contributed by atoms with Crippen LogP contribution in [0, 0.1) is 0 Å². The van der Waals surface area contributed by atoms with E-state index in [9.17, 15) is 0 Å². The summed E-state index contributed by atoms with van der Waals surface area (Å²) in [6.45, 7) is 6.41. The lowest BCUT2D eigenvalue weighted by molar-refractivity contribution is 0.0384. The fourth-order valence-electron chi connectivity index (χ4n) is 3.06.